The van der Waals surface area contributed by atoms with Gasteiger partial charge in [0, 0.05) is 4.75 Å². The van der Waals surface area contributed by atoms with Gasteiger partial charge in [-0.1, -0.05) is 0 Å². The third kappa shape index (κ3) is 1.99. The summed E-state index contributed by atoms with van der Waals surface area (Å²) in [6.07, 6.45) is 0.496. The van der Waals surface area contributed by atoms with Gasteiger partial charge in [0.2, 0.25) is 0 Å². The maximum atomic E-state index is 10.5. The molecule has 0 aromatic rings. The largest absolute Gasteiger partial charge is 0.772 e. The minimum absolute atomic E-state index is 0.166. The lowest BCUT2D eigenvalue weighted by Crippen LogP contribution is -2.25. The molecule has 0 aromatic carbocycles. The summed E-state index contributed by atoms with van der Waals surface area (Å²) in [5.41, 5.74) is 0. The molecule has 4 nitrogen and oxygen atoms in total. The van der Waals surface area contributed by atoms with Crippen molar-refractivity contribution in [3.63, 3.8) is 0 Å². The van der Waals surface area contributed by atoms with E-state index in [-0.39, 0.29) is 13.0 Å². The molecule has 0 radical (unpaired) electrons. The van der Waals surface area contributed by atoms with Gasteiger partial charge >= 0.3 is 0 Å². The highest BCUT2D eigenvalue weighted by molar-refractivity contribution is 7.81. The zero-order chi connectivity index (χ0) is 8.48. The van der Waals surface area contributed by atoms with Crippen molar-refractivity contribution >= 4 is 11.1 Å². The van der Waals surface area contributed by atoms with Gasteiger partial charge in [-0.3, -0.25) is 4.21 Å². The third-order valence-corrected chi connectivity index (χ3v) is 3.26. The van der Waals surface area contributed by atoms with E-state index in [0.717, 1.165) is 0 Å². The molecule has 0 heterocycles. The van der Waals surface area contributed by atoms with E-state index in [1.807, 2.05) is 0 Å². The molecule has 0 saturated heterocycles. The van der Waals surface area contributed by atoms with Crippen molar-refractivity contribution in [2.75, 3.05) is 6.61 Å². The van der Waals surface area contributed by atoms with Crippen molar-refractivity contribution < 1.29 is 19.0 Å². The van der Waals surface area contributed by atoms with Crippen LogP contribution in [0.25, 0.3) is 0 Å². The zero-order valence-corrected chi connectivity index (χ0v) is 6.84. The van der Waals surface area contributed by atoms with Gasteiger partial charge in [0.1, 0.15) is 0 Å². The summed E-state index contributed by atoms with van der Waals surface area (Å²) in [6.45, 7) is -0.362. The highest BCUT2D eigenvalue weighted by atomic mass is 32.2. The Balaban J connectivity index is 2.41. The molecular formula is C6H11O4S-. The summed E-state index contributed by atoms with van der Waals surface area (Å²) in [5.74, 6) is 0. The monoisotopic (exact) mass is 179 g/mol. The molecule has 2 atom stereocenters. The SMILES string of the molecule is O=S([O-])C1(CC(O)CO)CC1. The van der Waals surface area contributed by atoms with Crippen molar-refractivity contribution in [2.45, 2.75) is 30.1 Å². The average molecular weight is 179 g/mol. The molecule has 2 N–H and O–H groups in total. The van der Waals surface area contributed by atoms with Gasteiger partial charge in [0.25, 0.3) is 0 Å². The molecule has 5 heteroatoms. The predicted octanol–water partition coefficient (Wildman–Crippen LogP) is -0.859. The van der Waals surface area contributed by atoms with Gasteiger partial charge < -0.3 is 14.8 Å². The molecule has 0 spiro atoms. The minimum atomic E-state index is -2.11. The minimum Gasteiger partial charge on any atom is -0.772 e. The number of hydrogen-bond donors (Lipinski definition) is 2. The molecule has 0 aromatic heterocycles. The van der Waals surface area contributed by atoms with Crippen LogP contribution in [0.5, 0.6) is 0 Å². The maximum absolute atomic E-state index is 10.5. The summed E-state index contributed by atoms with van der Waals surface area (Å²) >= 11 is -2.11. The molecule has 2 unspecified atom stereocenters. The normalized spacial score (nSPS) is 26.1. The summed E-state index contributed by atoms with van der Waals surface area (Å²) in [4.78, 5) is 0. The van der Waals surface area contributed by atoms with Crippen molar-refractivity contribution in [1.82, 2.24) is 0 Å². The topological polar surface area (TPSA) is 80.6 Å². The molecule has 1 aliphatic carbocycles. The first-order valence-corrected chi connectivity index (χ1v) is 4.56. The smallest absolute Gasteiger partial charge is 0.0784 e. The molecule has 1 saturated carbocycles. The Hall–Kier alpha value is 0.0300. The lowest BCUT2D eigenvalue weighted by molar-refractivity contribution is 0.0856. The molecular weight excluding hydrogens is 168 g/mol. The molecule has 11 heavy (non-hydrogen) atoms. The number of aliphatic hydroxyl groups excluding tert-OH is 2. The van der Waals surface area contributed by atoms with Crippen LogP contribution >= 0.6 is 0 Å². The highest BCUT2D eigenvalue weighted by Gasteiger charge is 2.45. The molecule has 0 amide bonds. The van der Waals surface area contributed by atoms with E-state index in [0.29, 0.717) is 12.8 Å². The Kier molecular flexibility index (Phi) is 2.64. The predicted molar refractivity (Wildman–Crippen MR) is 38.6 cm³/mol. The van der Waals surface area contributed by atoms with Crippen LogP contribution in [-0.4, -0.2) is 36.4 Å². The first-order chi connectivity index (χ1) is 5.10. The number of hydrogen-bond acceptors (Lipinski definition) is 4. The summed E-state index contributed by atoms with van der Waals surface area (Å²) in [7, 11) is 0. The zero-order valence-electron chi connectivity index (χ0n) is 6.02. The molecule has 1 rings (SSSR count). The van der Waals surface area contributed by atoms with Gasteiger partial charge in [-0.25, -0.2) is 0 Å². The van der Waals surface area contributed by atoms with Crippen LogP contribution in [0, 0.1) is 0 Å². The summed E-state index contributed by atoms with van der Waals surface area (Å²) in [6, 6.07) is 0. The van der Waals surface area contributed by atoms with Gasteiger partial charge in [-0.05, 0) is 30.3 Å². The fourth-order valence-electron chi connectivity index (χ4n) is 1.07. The lowest BCUT2D eigenvalue weighted by Gasteiger charge is -2.20. The maximum Gasteiger partial charge on any atom is 0.0784 e. The van der Waals surface area contributed by atoms with Crippen molar-refractivity contribution in [3.8, 4) is 0 Å². The second-order valence-corrected chi connectivity index (χ2v) is 4.29. The van der Waals surface area contributed by atoms with Crippen molar-refractivity contribution in [1.29, 1.82) is 0 Å². The number of aliphatic hydroxyl groups is 2. The molecule has 1 aliphatic rings. The van der Waals surface area contributed by atoms with Crippen molar-refractivity contribution in [3.05, 3.63) is 0 Å². The van der Waals surface area contributed by atoms with Crippen LogP contribution in [0.3, 0.4) is 0 Å². The van der Waals surface area contributed by atoms with Gasteiger partial charge in [0.05, 0.1) is 12.7 Å². The molecule has 66 valence electrons. The van der Waals surface area contributed by atoms with E-state index in [1.54, 1.807) is 0 Å². The Bertz CT molecular complexity index is 166. The summed E-state index contributed by atoms with van der Waals surface area (Å²) in [5, 5.41) is 17.4. The first-order valence-electron chi connectivity index (χ1n) is 3.49. The van der Waals surface area contributed by atoms with Gasteiger partial charge in [0.15, 0.2) is 0 Å². The fraction of sp³-hybridized carbons (Fsp3) is 1.00. The first kappa shape index (κ1) is 9.12. The fourth-order valence-corrected chi connectivity index (χ4v) is 1.84. The Morgan fingerprint density at radius 2 is 2.18 bits per heavy atom. The van der Waals surface area contributed by atoms with Crippen LogP contribution in [-0.2, 0) is 11.1 Å². The van der Waals surface area contributed by atoms with E-state index in [4.69, 9.17) is 10.2 Å². The van der Waals surface area contributed by atoms with Crippen LogP contribution in [0.15, 0.2) is 0 Å². The second kappa shape index (κ2) is 3.18. The van der Waals surface area contributed by atoms with Crippen LogP contribution < -0.4 is 0 Å². The quantitative estimate of drug-likeness (QED) is 0.550. The van der Waals surface area contributed by atoms with Crippen LogP contribution in [0.2, 0.25) is 0 Å². The van der Waals surface area contributed by atoms with Gasteiger partial charge in [-0.2, -0.15) is 0 Å². The standard InChI is InChI=1S/C6H12O4S/c7-4-5(8)3-6(1-2-6)11(9)10/h5,7-8H,1-4H2,(H,9,10)/p-1. The van der Waals surface area contributed by atoms with Crippen molar-refractivity contribution in [2.24, 2.45) is 0 Å². The van der Waals surface area contributed by atoms with Crippen LogP contribution in [0.1, 0.15) is 19.3 Å². The van der Waals surface area contributed by atoms with E-state index in [1.165, 1.54) is 0 Å². The van der Waals surface area contributed by atoms with Gasteiger partial charge in [-0.15, -0.1) is 0 Å². The van der Waals surface area contributed by atoms with E-state index in [2.05, 4.69) is 0 Å². The highest BCUT2D eigenvalue weighted by Crippen LogP contribution is 2.44. The molecule has 0 bridgehead atoms. The Labute approximate surface area is 67.5 Å². The second-order valence-electron chi connectivity index (χ2n) is 2.96. The van der Waals surface area contributed by atoms with E-state index in [9.17, 15) is 8.76 Å². The molecule has 0 aliphatic heterocycles. The average Bonchev–Trinajstić information content (AvgIpc) is 2.69. The lowest BCUT2D eigenvalue weighted by atomic mass is 10.2. The van der Waals surface area contributed by atoms with Crippen LogP contribution in [0.4, 0.5) is 0 Å². The summed E-state index contributed by atoms with van der Waals surface area (Å²) < 4.78 is 20.4. The number of rotatable bonds is 4. The Morgan fingerprint density at radius 1 is 1.64 bits per heavy atom. The molecule has 1 fully saturated rings. The third-order valence-electron chi connectivity index (χ3n) is 1.98. The van der Waals surface area contributed by atoms with E-state index >= 15 is 0 Å². The Morgan fingerprint density at radius 3 is 2.45 bits per heavy atom. The van der Waals surface area contributed by atoms with E-state index < -0.39 is 21.9 Å².